The topological polar surface area (TPSA) is 52.8 Å². The SMILES string of the molecule is CC(C)(C)[Si](OCC1CCC(Cn2cnc3c(Cl)ncnc32)CC1)(c1ccccc1)c1ccccc1. The van der Waals surface area contributed by atoms with Crippen molar-refractivity contribution >= 4 is 41.5 Å². The van der Waals surface area contributed by atoms with Crippen molar-refractivity contribution in [3.05, 3.63) is 78.5 Å². The van der Waals surface area contributed by atoms with Crippen LogP contribution in [0.15, 0.2) is 73.3 Å². The van der Waals surface area contributed by atoms with Crippen LogP contribution in [0.5, 0.6) is 0 Å². The highest BCUT2D eigenvalue weighted by atomic mass is 35.5. The second kappa shape index (κ2) is 10.4. The Morgan fingerprint density at radius 2 is 1.44 bits per heavy atom. The third-order valence-corrected chi connectivity index (χ3v) is 13.0. The van der Waals surface area contributed by atoms with Crippen LogP contribution in [0.4, 0.5) is 0 Å². The summed E-state index contributed by atoms with van der Waals surface area (Å²) in [6, 6.07) is 21.9. The first-order valence-electron chi connectivity index (χ1n) is 12.9. The number of imidazole rings is 1. The lowest BCUT2D eigenvalue weighted by atomic mass is 9.82. The molecule has 2 aromatic heterocycles. The number of hydrogen-bond donors (Lipinski definition) is 0. The summed E-state index contributed by atoms with van der Waals surface area (Å²) in [5.74, 6) is 1.19. The molecule has 7 heteroatoms. The molecular formula is C29H35ClN4OSi. The van der Waals surface area contributed by atoms with Crippen LogP contribution in [0, 0.1) is 11.8 Å². The van der Waals surface area contributed by atoms with Gasteiger partial charge in [0, 0.05) is 13.2 Å². The standard InChI is InChI=1S/C29H35ClN4OSi/c1-29(2,3)36(24-10-6-4-7-11-24,25-12-8-5-9-13-25)35-19-23-16-14-22(15-17-23)18-34-21-33-26-27(30)31-20-32-28(26)34/h4-13,20-23H,14-19H2,1-3H3. The van der Waals surface area contributed by atoms with Gasteiger partial charge in [-0.1, -0.05) is 93.0 Å². The number of nitrogens with zero attached hydrogens (tertiary/aromatic N) is 4. The Hall–Kier alpha value is -2.54. The lowest BCUT2D eigenvalue weighted by molar-refractivity contribution is 0.168. The minimum atomic E-state index is -2.48. The van der Waals surface area contributed by atoms with Crippen LogP contribution in [0.2, 0.25) is 10.2 Å². The van der Waals surface area contributed by atoms with Crippen LogP contribution in [0.25, 0.3) is 11.2 Å². The molecule has 2 heterocycles. The molecule has 5 nitrogen and oxygen atoms in total. The summed E-state index contributed by atoms with van der Waals surface area (Å²) in [5, 5.41) is 3.14. The van der Waals surface area contributed by atoms with Gasteiger partial charge in [0.15, 0.2) is 10.8 Å². The third-order valence-electron chi connectivity index (χ3n) is 7.73. The van der Waals surface area contributed by atoms with Crippen molar-refractivity contribution in [2.24, 2.45) is 11.8 Å². The van der Waals surface area contributed by atoms with Gasteiger partial charge in [0.1, 0.15) is 11.8 Å². The predicted molar refractivity (Wildman–Crippen MR) is 149 cm³/mol. The number of rotatable bonds is 7. The fourth-order valence-electron chi connectivity index (χ4n) is 5.85. The molecule has 0 radical (unpaired) electrons. The number of hydrogen-bond acceptors (Lipinski definition) is 4. The fraction of sp³-hybridized carbons (Fsp3) is 0.414. The van der Waals surface area contributed by atoms with Crippen LogP contribution in [0.1, 0.15) is 46.5 Å². The van der Waals surface area contributed by atoms with Crippen molar-refractivity contribution in [2.45, 2.75) is 58.0 Å². The summed E-state index contributed by atoms with van der Waals surface area (Å²) in [7, 11) is -2.48. The summed E-state index contributed by atoms with van der Waals surface area (Å²) >= 11 is 6.19. The van der Waals surface area contributed by atoms with E-state index < -0.39 is 8.32 Å². The zero-order valence-corrected chi connectivity index (χ0v) is 23.2. The second-order valence-corrected chi connectivity index (χ2v) is 15.8. The van der Waals surface area contributed by atoms with Gasteiger partial charge >= 0.3 is 0 Å². The first kappa shape index (κ1) is 25.1. The highest BCUT2D eigenvalue weighted by Crippen LogP contribution is 2.38. The smallest absolute Gasteiger partial charge is 0.261 e. The van der Waals surface area contributed by atoms with Crippen LogP contribution >= 0.6 is 11.6 Å². The van der Waals surface area contributed by atoms with E-state index >= 15 is 0 Å². The van der Waals surface area contributed by atoms with E-state index in [-0.39, 0.29) is 5.04 Å². The van der Waals surface area contributed by atoms with Crippen molar-refractivity contribution < 1.29 is 4.43 Å². The number of aromatic nitrogens is 4. The van der Waals surface area contributed by atoms with Gasteiger partial charge < -0.3 is 8.99 Å². The molecule has 5 rings (SSSR count). The molecule has 4 aromatic rings. The van der Waals surface area contributed by atoms with E-state index in [1.54, 1.807) is 0 Å². The van der Waals surface area contributed by atoms with Crippen LogP contribution < -0.4 is 10.4 Å². The monoisotopic (exact) mass is 518 g/mol. The maximum Gasteiger partial charge on any atom is 0.261 e. The van der Waals surface area contributed by atoms with Crippen molar-refractivity contribution in [3.63, 3.8) is 0 Å². The molecule has 1 saturated carbocycles. The van der Waals surface area contributed by atoms with E-state index in [2.05, 4.69) is 101 Å². The highest BCUT2D eigenvalue weighted by molar-refractivity contribution is 6.99. The van der Waals surface area contributed by atoms with E-state index in [1.807, 2.05) is 6.33 Å². The molecule has 0 aliphatic heterocycles. The Bertz CT molecular complexity index is 1240. The fourth-order valence-corrected chi connectivity index (χ4v) is 10.7. The summed E-state index contributed by atoms with van der Waals surface area (Å²) in [6.45, 7) is 8.78. The van der Waals surface area contributed by atoms with Crippen molar-refractivity contribution in [1.29, 1.82) is 0 Å². The van der Waals surface area contributed by atoms with Gasteiger partial charge in [-0.2, -0.15) is 0 Å². The Labute approximate surface area is 220 Å². The average Bonchev–Trinajstić information content (AvgIpc) is 3.30. The largest absolute Gasteiger partial charge is 0.407 e. The predicted octanol–water partition coefficient (Wildman–Crippen LogP) is 5.86. The summed E-state index contributed by atoms with van der Waals surface area (Å²) in [4.78, 5) is 12.9. The van der Waals surface area contributed by atoms with E-state index in [0.717, 1.165) is 18.8 Å². The molecule has 1 aliphatic rings. The molecule has 0 spiro atoms. The maximum absolute atomic E-state index is 7.21. The second-order valence-electron chi connectivity index (χ2n) is 11.1. The zero-order valence-electron chi connectivity index (χ0n) is 21.4. The zero-order chi connectivity index (χ0) is 25.2. The van der Waals surface area contributed by atoms with Gasteiger partial charge in [-0.05, 0) is 52.9 Å². The van der Waals surface area contributed by atoms with Gasteiger partial charge in [-0.15, -0.1) is 0 Å². The van der Waals surface area contributed by atoms with Crippen molar-refractivity contribution in [2.75, 3.05) is 6.61 Å². The minimum absolute atomic E-state index is 0.0124. The van der Waals surface area contributed by atoms with Gasteiger partial charge in [0.05, 0.1) is 6.33 Å². The first-order valence-corrected chi connectivity index (χ1v) is 15.2. The molecule has 0 N–H and O–H groups in total. The van der Waals surface area contributed by atoms with Crippen molar-refractivity contribution in [1.82, 2.24) is 19.5 Å². The van der Waals surface area contributed by atoms with E-state index in [0.29, 0.717) is 22.5 Å². The third kappa shape index (κ3) is 4.86. The van der Waals surface area contributed by atoms with Gasteiger partial charge in [0.25, 0.3) is 8.32 Å². The van der Waals surface area contributed by atoms with Gasteiger partial charge in [-0.25, -0.2) is 15.0 Å². The molecule has 2 aromatic carbocycles. The maximum atomic E-state index is 7.21. The quantitative estimate of drug-likeness (QED) is 0.227. The average molecular weight is 519 g/mol. The number of halogens is 1. The number of benzene rings is 2. The van der Waals surface area contributed by atoms with Crippen molar-refractivity contribution in [3.8, 4) is 0 Å². The Kier molecular flexibility index (Phi) is 7.29. The lowest BCUT2D eigenvalue weighted by Gasteiger charge is -2.44. The van der Waals surface area contributed by atoms with Crippen LogP contribution in [-0.4, -0.2) is 34.4 Å². The molecular weight excluding hydrogens is 484 g/mol. The summed E-state index contributed by atoms with van der Waals surface area (Å²) < 4.78 is 9.34. The van der Waals surface area contributed by atoms with Crippen LogP contribution in [-0.2, 0) is 11.0 Å². The Morgan fingerprint density at radius 3 is 2.03 bits per heavy atom. The van der Waals surface area contributed by atoms with E-state index in [4.69, 9.17) is 16.0 Å². The first-order chi connectivity index (χ1) is 17.4. The van der Waals surface area contributed by atoms with Crippen LogP contribution in [0.3, 0.4) is 0 Å². The van der Waals surface area contributed by atoms with Gasteiger partial charge in [-0.3, -0.25) is 0 Å². The summed E-state index contributed by atoms with van der Waals surface area (Å²) in [6.07, 6.45) is 8.11. The molecule has 0 saturated heterocycles. The van der Waals surface area contributed by atoms with E-state index in [9.17, 15) is 0 Å². The van der Waals surface area contributed by atoms with Gasteiger partial charge in [0.2, 0.25) is 0 Å². The molecule has 1 aliphatic carbocycles. The summed E-state index contributed by atoms with van der Waals surface area (Å²) in [5.41, 5.74) is 1.51. The number of fused-ring (bicyclic) bond motifs is 1. The Morgan fingerprint density at radius 1 is 0.861 bits per heavy atom. The molecule has 0 atom stereocenters. The normalized spacial score (nSPS) is 19.0. The molecule has 36 heavy (non-hydrogen) atoms. The molecule has 0 bridgehead atoms. The van der Waals surface area contributed by atoms with E-state index in [1.165, 1.54) is 42.4 Å². The molecule has 1 fully saturated rings. The Balaban J connectivity index is 1.29. The molecule has 0 amide bonds. The molecule has 188 valence electrons. The highest BCUT2D eigenvalue weighted by Gasteiger charge is 2.50. The lowest BCUT2D eigenvalue weighted by Crippen LogP contribution is -2.66. The minimum Gasteiger partial charge on any atom is -0.407 e. The molecule has 0 unspecified atom stereocenters.